The lowest BCUT2D eigenvalue weighted by atomic mass is 9.87. The van der Waals surface area contributed by atoms with Crippen molar-refractivity contribution in [2.75, 3.05) is 5.32 Å². The van der Waals surface area contributed by atoms with Crippen molar-refractivity contribution in [2.24, 2.45) is 11.3 Å². The van der Waals surface area contributed by atoms with Crippen LogP contribution in [0.3, 0.4) is 0 Å². The molecule has 2 aliphatic carbocycles. The fourth-order valence-electron chi connectivity index (χ4n) is 5.53. The Morgan fingerprint density at radius 2 is 1.80 bits per heavy atom. The molecule has 41 heavy (non-hydrogen) atoms. The molecule has 0 radical (unpaired) electrons. The number of ether oxygens (including phenoxy) is 1. The van der Waals surface area contributed by atoms with E-state index < -0.39 is 17.1 Å². The molecule has 9 nitrogen and oxygen atoms in total. The summed E-state index contributed by atoms with van der Waals surface area (Å²) in [5.74, 6) is 0.397. The van der Waals surface area contributed by atoms with Crippen molar-refractivity contribution in [3.05, 3.63) is 60.0 Å². The molecular weight excluding hydrogens is 525 g/mol. The van der Waals surface area contributed by atoms with Crippen molar-refractivity contribution in [1.29, 1.82) is 0 Å². The van der Waals surface area contributed by atoms with E-state index in [2.05, 4.69) is 32.7 Å². The van der Waals surface area contributed by atoms with E-state index in [1.54, 1.807) is 24.5 Å². The SMILES string of the molecule is Cc1noc(C)c1-c1cc2nccc(Oc3ccc(NC(=O)C4(C(=O)NC5CCC(C)CC5)CC4)cc3F)c2cn1. The number of anilines is 1. The van der Waals surface area contributed by atoms with Gasteiger partial charge in [-0.25, -0.2) is 4.39 Å². The molecule has 2 fully saturated rings. The van der Waals surface area contributed by atoms with Crippen LogP contribution in [0.1, 0.15) is 56.9 Å². The number of hydrogen-bond donors (Lipinski definition) is 2. The number of benzene rings is 1. The van der Waals surface area contributed by atoms with Crippen LogP contribution in [0.15, 0.2) is 47.2 Å². The number of rotatable bonds is 7. The molecular formula is C31H32FN5O4. The van der Waals surface area contributed by atoms with Crippen LogP contribution in [0.25, 0.3) is 22.2 Å². The van der Waals surface area contributed by atoms with Gasteiger partial charge >= 0.3 is 0 Å². The first-order valence-corrected chi connectivity index (χ1v) is 14.0. The predicted octanol–water partition coefficient (Wildman–Crippen LogP) is 6.25. The molecule has 10 heteroatoms. The van der Waals surface area contributed by atoms with Crippen LogP contribution in [0, 0.1) is 31.0 Å². The van der Waals surface area contributed by atoms with Crippen LogP contribution in [0.2, 0.25) is 0 Å². The maximum Gasteiger partial charge on any atom is 0.240 e. The minimum absolute atomic E-state index is 0.0179. The van der Waals surface area contributed by atoms with Crippen molar-refractivity contribution in [1.82, 2.24) is 20.4 Å². The summed E-state index contributed by atoms with van der Waals surface area (Å²) in [6, 6.07) is 7.76. The summed E-state index contributed by atoms with van der Waals surface area (Å²) >= 11 is 0. The highest BCUT2D eigenvalue weighted by Crippen LogP contribution is 2.47. The van der Waals surface area contributed by atoms with Crippen molar-refractivity contribution in [3.8, 4) is 22.8 Å². The Kier molecular flexibility index (Phi) is 6.93. The van der Waals surface area contributed by atoms with Gasteiger partial charge in [0.25, 0.3) is 0 Å². The lowest BCUT2D eigenvalue weighted by molar-refractivity contribution is -0.135. The molecule has 0 aliphatic heterocycles. The fraction of sp³-hybridized carbons (Fsp3) is 0.387. The normalized spacial score (nSPS) is 19.5. The van der Waals surface area contributed by atoms with E-state index in [0.717, 1.165) is 36.9 Å². The molecule has 3 heterocycles. The Morgan fingerprint density at radius 1 is 1.02 bits per heavy atom. The number of hydrogen-bond acceptors (Lipinski definition) is 7. The lowest BCUT2D eigenvalue weighted by Gasteiger charge is -2.28. The number of aryl methyl sites for hydroxylation is 2. The molecule has 0 bridgehead atoms. The Labute approximate surface area is 236 Å². The zero-order chi connectivity index (χ0) is 28.7. The number of fused-ring (bicyclic) bond motifs is 1. The van der Waals surface area contributed by atoms with Crippen molar-refractivity contribution in [3.63, 3.8) is 0 Å². The zero-order valence-electron chi connectivity index (χ0n) is 23.3. The molecule has 1 aromatic carbocycles. The standard InChI is InChI=1S/C31H32FN5O4/c1-17-4-6-20(7-5-17)35-29(38)31(11-12-31)30(39)36-21-8-9-27(23(32)14-21)40-26-10-13-33-24-15-25(34-16-22(24)26)28-18(2)37-41-19(28)3/h8-10,13-17,20H,4-7,11-12H2,1-3H3,(H,35,38)(H,36,39). The van der Waals surface area contributed by atoms with Crippen LogP contribution in [-0.2, 0) is 9.59 Å². The topological polar surface area (TPSA) is 119 Å². The molecule has 6 rings (SSSR count). The fourth-order valence-corrected chi connectivity index (χ4v) is 5.53. The third-order valence-electron chi connectivity index (χ3n) is 8.26. The zero-order valence-corrected chi connectivity index (χ0v) is 23.3. The smallest absolute Gasteiger partial charge is 0.240 e. The first-order chi connectivity index (χ1) is 19.7. The summed E-state index contributed by atoms with van der Waals surface area (Å²) in [5.41, 5.74) is 1.99. The quantitative estimate of drug-likeness (QED) is 0.258. The van der Waals surface area contributed by atoms with Gasteiger partial charge in [0.1, 0.15) is 16.9 Å². The van der Waals surface area contributed by atoms with Gasteiger partial charge in [0.05, 0.1) is 27.9 Å². The van der Waals surface area contributed by atoms with Crippen molar-refractivity contribution in [2.45, 2.75) is 65.3 Å². The Hall–Kier alpha value is -4.34. The van der Waals surface area contributed by atoms with Gasteiger partial charge in [-0.1, -0.05) is 12.1 Å². The molecule has 2 amide bonds. The molecule has 4 aromatic rings. The van der Waals surface area contributed by atoms with Gasteiger partial charge in [-0.3, -0.25) is 19.6 Å². The van der Waals surface area contributed by atoms with Crippen LogP contribution < -0.4 is 15.4 Å². The van der Waals surface area contributed by atoms with Gasteiger partial charge in [0.2, 0.25) is 11.8 Å². The molecule has 2 saturated carbocycles. The number of halogens is 1. The maximum absolute atomic E-state index is 15.1. The van der Waals surface area contributed by atoms with E-state index in [1.165, 1.54) is 12.1 Å². The molecule has 0 atom stereocenters. The second-order valence-corrected chi connectivity index (χ2v) is 11.3. The van der Waals surface area contributed by atoms with Gasteiger partial charge in [-0.05, 0) is 82.6 Å². The van der Waals surface area contributed by atoms with E-state index >= 15 is 4.39 Å². The van der Waals surface area contributed by atoms with Gasteiger partial charge in [0, 0.05) is 30.2 Å². The number of nitrogens with zero attached hydrogens (tertiary/aromatic N) is 3. The highest BCUT2D eigenvalue weighted by Gasteiger charge is 2.56. The minimum Gasteiger partial charge on any atom is -0.453 e. The number of carbonyl (C=O) groups is 2. The summed E-state index contributed by atoms with van der Waals surface area (Å²) in [5, 5.41) is 10.4. The number of nitrogens with one attached hydrogen (secondary N) is 2. The summed E-state index contributed by atoms with van der Waals surface area (Å²) in [7, 11) is 0. The van der Waals surface area contributed by atoms with Crippen molar-refractivity contribution >= 4 is 28.4 Å². The lowest BCUT2D eigenvalue weighted by Crippen LogP contribution is -2.45. The number of pyridine rings is 2. The van der Waals surface area contributed by atoms with Gasteiger partial charge < -0.3 is 19.9 Å². The van der Waals surface area contributed by atoms with Crippen LogP contribution >= 0.6 is 0 Å². The molecule has 0 spiro atoms. The van der Waals surface area contributed by atoms with Gasteiger partial charge in [-0.2, -0.15) is 0 Å². The van der Waals surface area contributed by atoms with Crippen LogP contribution in [0.4, 0.5) is 10.1 Å². The van der Waals surface area contributed by atoms with E-state index in [4.69, 9.17) is 9.26 Å². The Balaban J connectivity index is 1.15. The average Bonchev–Trinajstić information content (AvgIpc) is 3.71. The first kappa shape index (κ1) is 26.9. The molecule has 3 aromatic heterocycles. The molecule has 2 N–H and O–H groups in total. The molecule has 0 saturated heterocycles. The molecule has 2 aliphatic rings. The largest absolute Gasteiger partial charge is 0.453 e. The minimum atomic E-state index is -1.08. The number of carbonyl (C=O) groups excluding carboxylic acids is 2. The maximum atomic E-state index is 15.1. The Bertz CT molecular complexity index is 1620. The summed E-state index contributed by atoms with van der Waals surface area (Å²) in [6.45, 7) is 5.88. The van der Waals surface area contributed by atoms with E-state index in [9.17, 15) is 9.59 Å². The summed E-state index contributed by atoms with van der Waals surface area (Å²) < 4.78 is 26.3. The van der Waals surface area contributed by atoms with Crippen molar-refractivity contribution < 1.29 is 23.2 Å². The third kappa shape index (κ3) is 5.26. The molecule has 0 unspecified atom stereocenters. The summed E-state index contributed by atoms with van der Waals surface area (Å²) in [4.78, 5) is 35.0. The van der Waals surface area contributed by atoms with E-state index in [1.807, 2.05) is 19.9 Å². The van der Waals surface area contributed by atoms with E-state index in [0.29, 0.717) is 46.9 Å². The monoisotopic (exact) mass is 557 g/mol. The highest BCUT2D eigenvalue weighted by molar-refractivity contribution is 6.13. The third-order valence-corrected chi connectivity index (χ3v) is 8.26. The van der Waals surface area contributed by atoms with Gasteiger partial charge in [0.15, 0.2) is 11.6 Å². The second kappa shape index (κ2) is 10.6. The second-order valence-electron chi connectivity index (χ2n) is 11.3. The first-order valence-electron chi connectivity index (χ1n) is 14.0. The van der Waals surface area contributed by atoms with Crippen LogP contribution in [0.5, 0.6) is 11.5 Å². The Morgan fingerprint density at radius 3 is 2.49 bits per heavy atom. The molecule has 212 valence electrons. The number of amides is 2. The van der Waals surface area contributed by atoms with Gasteiger partial charge in [-0.15, -0.1) is 0 Å². The van der Waals surface area contributed by atoms with E-state index in [-0.39, 0.29) is 23.4 Å². The average molecular weight is 558 g/mol. The van der Waals surface area contributed by atoms with Crippen LogP contribution in [-0.4, -0.2) is 33.0 Å². The number of aromatic nitrogens is 3. The summed E-state index contributed by atoms with van der Waals surface area (Å²) in [6.07, 6.45) is 8.19. The predicted molar refractivity (Wildman–Crippen MR) is 151 cm³/mol. The highest BCUT2D eigenvalue weighted by atomic mass is 19.1.